The van der Waals surface area contributed by atoms with Crippen LogP contribution in [-0.2, 0) is 9.47 Å². The van der Waals surface area contributed by atoms with Crippen LogP contribution in [-0.4, -0.2) is 27.4 Å². The van der Waals surface area contributed by atoms with Crippen molar-refractivity contribution in [3.05, 3.63) is 0 Å². The summed E-state index contributed by atoms with van der Waals surface area (Å²) in [5.74, 6) is 0.732. The Morgan fingerprint density at radius 3 is 1.62 bits per heavy atom. The van der Waals surface area contributed by atoms with Gasteiger partial charge in [0.25, 0.3) is 0 Å². The van der Waals surface area contributed by atoms with Crippen molar-refractivity contribution in [2.75, 3.05) is 27.4 Å². The van der Waals surface area contributed by atoms with Gasteiger partial charge in [-0.3, -0.25) is 0 Å². The summed E-state index contributed by atoms with van der Waals surface area (Å²) >= 11 is 0. The maximum Gasteiger partial charge on any atom is 0.0545 e. The monoisotopic (exact) mass is 230 g/mol. The fourth-order valence-electron chi connectivity index (χ4n) is 2.11. The smallest absolute Gasteiger partial charge is 0.0545 e. The molecule has 0 bridgehead atoms. The molecule has 0 aliphatic heterocycles. The number of hydrogen-bond acceptors (Lipinski definition) is 2. The number of ether oxygens (including phenoxy) is 2. The normalized spacial score (nSPS) is 13.5. The van der Waals surface area contributed by atoms with E-state index in [0.29, 0.717) is 0 Å². The van der Waals surface area contributed by atoms with E-state index in [0.717, 1.165) is 25.6 Å². The van der Waals surface area contributed by atoms with E-state index in [9.17, 15) is 0 Å². The van der Waals surface area contributed by atoms with E-state index in [-0.39, 0.29) is 10.8 Å². The standard InChI is InChI=1S/C14H30O2/c1-12(2)8-9-14(10-15-6,11-16-7)13(3,4)5/h12H,8-11H2,1-7H3. The predicted octanol–water partition coefficient (Wildman–Crippen LogP) is 3.75. The molecule has 0 aromatic carbocycles. The molecule has 0 spiro atoms. The van der Waals surface area contributed by atoms with Gasteiger partial charge >= 0.3 is 0 Å². The van der Waals surface area contributed by atoms with E-state index >= 15 is 0 Å². The van der Waals surface area contributed by atoms with Crippen LogP contribution in [0.2, 0.25) is 0 Å². The van der Waals surface area contributed by atoms with Crippen LogP contribution >= 0.6 is 0 Å². The molecule has 0 fully saturated rings. The molecule has 0 rings (SSSR count). The maximum absolute atomic E-state index is 5.44. The molecule has 0 aliphatic carbocycles. The first-order chi connectivity index (χ1) is 7.29. The molecule has 98 valence electrons. The van der Waals surface area contributed by atoms with Gasteiger partial charge in [-0.1, -0.05) is 41.0 Å². The lowest BCUT2D eigenvalue weighted by Crippen LogP contribution is -2.43. The van der Waals surface area contributed by atoms with Gasteiger partial charge in [0, 0.05) is 19.6 Å². The molecule has 0 amide bonds. The van der Waals surface area contributed by atoms with Crippen molar-refractivity contribution in [3.8, 4) is 0 Å². The summed E-state index contributed by atoms with van der Waals surface area (Å²) in [6.45, 7) is 12.9. The van der Waals surface area contributed by atoms with Gasteiger partial charge in [0.1, 0.15) is 0 Å². The Bertz CT molecular complexity index is 174. The summed E-state index contributed by atoms with van der Waals surface area (Å²) in [4.78, 5) is 0. The van der Waals surface area contributed by atoms with E-state index < -0.39 is 0 Å². The Morgan fingerprint density at radius 2 is 1.38 bits per heavy atom. The van der Waals surface area contributed by atoms with Crippen LogP contribution in [0.15, 0.2) is 0 Å². The Kier molecular flexibility index (Phi) is 6.57. The molecule has 0 radical (unpaired) electrons. The minimum absolute atomic E-state index is 0.126. The Labute approximate surface area is 102 Å². The molecule has 0 saturated heterocycles. The maximum atomic E-state index is 5.44. The second-order valence-electron chi connectivity index (χ2n) is 6.33. The molecule has 16 heavy (non-hydrogen) atoms. The van der Waals surface area contributed by atoms with Crippen molar-refractivity contribution in [2.24, 2.45) is 16.7 Å². The third-order valence-corrected chi connectivity index (χ3v) is 3.63. The van der Waals surface area contributed by atoms with E-state index in [1.807, 2.05) is 0 Å². The molecule has 0 atom stereocenters. The van der Waals surface area contributed by atoms with Crippen molar-refractivity contribution >= 4 is 0 Å². The highest BCUT2D eigenvalue weighted by Crippen LogP contribution is 2.43. The first-order valence-electron chi connectivity index (χ1n) is 6.27. The highest BCUT2D eigenvalue weighted by atomic mass is 16.5. The average Bonchev–Trinajstić information content (AvgIpc) is 2.13. The van der Waals surface area contributed by atoms with Gasteiger partial charge in [0.15, 0.2) is 0 Å². The van der Waals surface area contributed by atoms with Gasteiger partial charge in [0.05, 0.1) is 13.2 Å². The van der Waals surface area contributed by atoms with Crippen molar-refractivity contribution in [2.45, 2.75) is 47.5 Å². The molecule has 0 aliphatic rings. The lowest BCUT2D eigenvalue weighted by Gasteiger charge is -2.44. The summed E-state index contributed by atoms with van der Waals surface area (Å²) in [6.07, 6.45) is 2.39. The molecule has 0 aromatic rings. The molecule has 0 unspecified atom stereocenters. The third-order valence-electron chi connectivity index (χ3n) is 3.63. The summed E-state index contributed by atoms with van der Waals surface area (Å²) < 4.78 is 10.9. The Balaban J connectivity index is 4.79. The van der Waals surface area contributed by atoms with E-state index in [1.54, 1.807) is 14.2 Å². The molecule has 2 nitrogen and oxygen atoms in total. The molecule has 0 N–H and O–H groups in total. The minimum atomic E-state index is 0.126. The highest BCUT2D eigenvalue weighted by Gasteiger charge is 2.41. The van der Waals surface area contributed by atoms with Crippen molar-refractivity contribution in [1.82, 2.24) is 0 Å². The molecule has 0 heterocycles. The number of hydrogen-bond donors (Lipinski definition) is 0. The predicted molar refractivity (Wildman–Crippen MR) is 69.7 cm³/mol. The summed E-state index contributed by atoms with van der Waals surface area (Å²) in [5, 5.41) is 0. The van der Waals surface area contributed by atoms with Gasteiger partial charge < -0.3 is 9.47 Å². The van der Waals surface area contributed by atoms with E-state index in [2.05, 4.69) is 34.6 Å². The van der Waals surface area contributed by atoms with E-state index in [1.165, 1.54) is 6.42 Å². The molecule has 0 aromatic heterocycles. The number of methoxy groups -OCH3 is 2. The zero-order valence-corrected chi connectivity index (χ0v) is 12.2. The van der Waals surface area contributed by atoms with Crippen LogP contribution in [0.1, 0.15) is 47.5 Å². The summed E-state index contributed by atoms with van der Waals surface area (Å²) in [5.41, 5.74) is 0.328. The van der Waals surface area contributed by atoms with E-state index in [4.69, 9.17) is 9.47 Å². The number of rotatable bonds is 7. The van der Waals surface area contributed by atoms with Crippen molar-refractivity contribution < 1.29 is 9.47 Å². The average molecular weight is 230 g/mol. The quantitative estimate of drug-likeness (QED) is 0.663. The van der Waals surface area contributed by atoms with Crippen LogP contribution in [0.3, 0.4) is 0 Å². The molecule has 0 saturated carbocycles. The van der Waals surface area contributed by atoms with Gasteiger partial charge in [-0.05, 0) is 17.8 Å². The molecular weight excluding hydrogens is 200 g/mol. The second-order valence-corrected chi connectivity index (χ2v) is 6.33. The van der Waals surface area contributed by atoms with Gasteiger partial charge in [0.2, 0.25) is 0 Å². The first-order valence-corrected chi connectivity index (χ1v) is 6.27. The fourth-order valence-corrected chi connectivity index (χ4v) is 2.11. The van der Waals surface area contributed by atoms with Crippen LogP contribution in [0.25, 0.3) is 0 Å². The van der Waals surface area contributed by atoms with Crippen LogP contribution < -0.4 is 0 Å². The molecular formula is C14H30O2. The lowest BCUT2D eigenvalue weighted by molar-refractivity contribution is -0.0683. The second kappa shape index (κ2) is 6.61. The fraction of sp³-hybridized carbons (Fsp3) is 1.00. The topological polar surface area (TPSA) is 18.5 Å². The first kappa shape index (κ1) is 15.9. The SMILES string of the molecule is COCC(CCC(C)C)(COC)C(C)(C)C. The van der Waals surface area contributed by atoms with Gasteiger partial charge in [-0.15, -0.1) is 0 Å². The van der Waals surface area contributed by atoms with Gasteiger partial charge in [-0.2, -0.15) is 0 Å². The van der Waals surface area contributed by atoms with Crippen LogP contribution in [0, 0.1) is 16.7 Å². The Hall–Kier alpha value is -0.0800. The van der Waals surface area contributed by atoms with Crippen LogP contribution in [0.4, 0.5) is 0 Å². The van der Waals surface area contributed by atoms with Gasteiger partial charge in [-0.25, -0.2) is 0 Å². The minimum Gasteiger partial charge on any atom is -0.384 e. The summed E-state index contributed by atoms with van der Waals surface area (Å²) in [6, 6.07) is 0. The van der Waals surface area contributed by atoms with Crippen molar-refractivity contribution in [3.63, 3.8) is 0 Å². The molecule has 2 heteroatoms. The Morgan fingerprint density at radius 1 is 0.938 bits per heavy atom. The third kappa shape index (κ3) is 4.42. The van der Waals surface area contributed by atoms with Crippen molar-refractivity contribution in [1.29, 1.82) is 0 Å². The highest BCUT2D eigenvalue weighted by molar-refractivity contribution is 4.90. The zero-order chi connectivity index (χ0) is 12.8. The zero-order valence-electron chi connectivity index (χ0n) is 12.2. The van der Waals surface area contributed by atoms with Crippen LogP contribution in [0.5, 0.6) is 0 Å². The summed E-state index contributed by atoms with van der Waals surface area (Å²) in [7, 11) is 3.57. The largest absolute Gasteiger partial charge is 0.384 e. The lowest BCUT2D eigenvalue weighted by atomic mass is 9.64.